The van der Waals surface area contributed by atoms with Gasteiger partial charge in [0.05, 0.1) is 11.9 Å². The Balaban J connectivity index is 1.60. The number of halogens is 1. The predicted molar refractivity (Wildman–Crippen MR) is 70.7 cm³/mol. The molecule has 1 aliphatic carbocycles. The number of pyridine rings is 1. The molecule has 2 fully saturated rings. The summed E-state index contributed by atoms with van der Waals surface area (Å²) in [5, 5.41) is 3.30. The zero-order chi connectivity index (χ0) is 12.5. The highest BCUT2D eigenvalue weighted by Gasteiger charge is 2.37. The van der Waals surface area contributed by atoms with E-state index in [1.807, 2.05) is 4.90 Å². The molecule has 1 saturated carbocycles. The highest BCUT2D eigenvalue weighted by Crippen LogP contribution is 2.37. The lowest BCUT2D eigenvalue weighted by molar-refractivity contribution is 0.219. The predicted octanol–water partition coefficient (Wildman–Crippen LogP) is 3.00. The molecule has 1 N–H and O–H groups in total. The van der Waals surface area contributed by atoms with Crippen molar-refractivity contribution >= 4 is 23.3 Å². The monoisotopic (exact) mass is 265 g/mol. The molecule has 0 radical (unpaired) electrons. The van der Waals surface area contributed by atoms with Crippen LogP contribution in [0.15, 0.2) is 18.3 Å². The van der Waals surface area contributed by atoms with Crippen LogP contribution in [0.25, 0.3) is 0 Å². The maximum atomic E-state index is 12.1. The molecule has 1 aliphatic heterocycles. The molecule has 0 aromatic carbocycles. The summed E-state index contributed by atoms with van der Waals surface area (Å²) in [5.74, 6) is 1.44. The highest BCUT2D eigenvalue weighted by molar-refractivity contribution is 6.29. The van der Waals surface area contributed by atoms with Crippen LogP contribution >= 0.6 is 11.6 Å². The lowest BCUT2D eigenvalue weighted by atomic mass is 10.0. The van der Waals surface area contributed by atoms with E-state index in [1.165, 1.54) is 19.3 Å². The van der Waals surface area contributed by atoms with Crippen molar-refractivity contribution in [3.8, 4) is 0 Å². The van der Waals surface area contributed by atoms with Crippen molar-refractivity contribution in [1.29, 1.82) is 0 Å². The van der Waals surface area contributed by atoms with Crippen molar-refractivity contribution in [1.82, 2.24) is 9.88 Å². The first-order valence-electron chi connectivity index (χ1n) is 6.40. The topological polar surface area (TPSA) is 45.2 Å². The Labute approximate surface area is 111 Å². The third-order valence-electron chi connectivity index (χ3n) is 3.99. The second-order valence-electron chi connectivity index (χ2n) is 5.16. The van der Waals surface area contributed by atoms with Crippen LogP contribution in [-0.4, -0.2) is 29.0 Å². The number of urea groups is 1. The lowest BCUT2D eigenvalue weighted by Gasteiger charge is -2.17. The van der Waals surface area contributed by atoms with E-state index in [9.17, 15) is 4.79 Å². The van der Waals surface area contributed by atoms with Crippen molar-refractivity contribution in [2.75, 3.05) is 18.4 Å². The van der Waals surface area contributed by atoms with E-state index >= 15 is 0 Å². The molecule has 0 spiro atoms. The smallest absolute Gasteiger partial charge is 0.321 e. The summed E-state index contributed by atoms with van der Waals surface area (Å²) in [5.41, 5.74) is 0.696. The van der Waals surface area contributed by atoms with Gasteiger partial charge < -0.3 is 10.2 Å². The second-order valence-corrected chi connectivity index (χ2v) is 5.54. The molecule has 96 valence electrons. The summed E-state index contributed by atoms with van der Waals surface area (Å²) < 4.78 is 0. The molecule has 4 nitrogen and oxygen atoms in total. The van der Waals surface area contributed by atoms with Crippen LogP contribution in [-0.2, 0) is 0 Å². The van der Waals surface area contributed by atoms with E-state index in [2.05, 4.69) is 10.3 Å². The Hall–Kier alpha value is -1.29. The summed E-state index contributed by atoms with van der Waals surface area (Å²) in [6.45, 7) is 1.80. The number of anilines is 1. The van der Waals surface area contributed by atoms with Crippen LogP contribution in [0.4, 0.5) is 10.5 Å². The van der Waals surface area contributed by atoms with Gasteiger partial charge in [0, 0.05) is 13.1 Å². The van der Waals surface area contributed by atoms with Crippen LogP contribution in [0.5, 0.6) is 0 Å². The number of hydrogen-bond donors (Lipinski definition) is 1. The van der Waals surface area contributed by atoms with E-state index in [0.29, 0.717) is 10.8 Å². The number of carbonyl (C=O) groups is 1. The Bertz CT molecular complexity index is 436. The normalized spacial score (nSPS) is 26.2. The minimum absolute atomic E-state index is 0.0199. The van der Waals surface area contributed by atoms with Crippen LogP contribution < -0.4 is 5.32 Å². The Morgan fingerprint density at radius 3 is 2.67 bits per heavy atom. The van der Waals surface area contributed by atoms with Gasteiger partial charge in [-0.25, -0.2) is 9.78 Å². The van der Waals surface area contributed by atoms with E-state index < -0.39 is 0 Å². The quantitative estimate of drug-likeness (QED) is 0.794. The third-order valence-corrected chi connectivity index (χ3v) is 4.22. The molecule has 18 heavy (non-hydrogen) atoms. The van der Waals surface area contributed by atoms with Crippen molar-refractivity contribution in [3.63, 3.8) is 0 Å². The molecule has 2 amide bonds. The van der Waals surface area contributed by atoms with E-state index in [0.717, 1.165) is 24.9 Å². The van der Waals surface area contributed by atoms with Gasteiger partial charge in [-0.3, -0.25) is 0 Å². The second kappa shape index (κ2) is 4.76. The zero-order valence-corrected chi connectivity index (χ0v) is 10.9. The molecular weight excluding hydrogens is 250 g/mol. The van der Waals surface area contributed by atoms with Crippen molar-refractivity contribution < 1.29 is 4.79 Å². The Morgan fingerprint density at radius 1 is 1.33 bits per heavy atom. The van der Waals surface area contributed by atoms with Gasteiger partial charge in [-0.15, -0.1) is 0 Å². The minimum atomic E-state index is -0.0199. The van der Waals surface area contributed by atoms with Crippen molar-refractivity contribution in [2.45, 2.75) is 19.3 Å². The number of likely N-dealkylation sites (tertiary alicyclic amines) is 1. The number of rotatable bonds is 1. The highest BCUT2D eigenvalue weighted by atomic mass is 35.5. The van der Waals surface area contributed by atoms with Gasteiger partial charge in [0.1, 0.15) is 5.15 Å². The number of amides is 2. The fraction of sp³-hybridized carbons (Fsp3) is 0.538. The third kappa shape index (κ3) is 2.29. The van der Waals surface area contributed by atoms with Crippen LogP contribution in [0.1, 0.15) is 19.3 Å². The molecule has 1 saturated heterocycles. The van der Waals surface area contributed by atoms with Gasteiger partial charge in [0.25, 0.3) is 0 Å². The Morgan fingerprint density at radius 2 is 2.06 bits per heavy atom. The number of hydrogen-bond acceptors (Lipinski definition) is 2. The molecule has 2 aliphatic rings. The van der Waals surface area contributed by atoms with Gasteiger partial charge in [-0.2, -0.15) is 0 Å². The first-order chi connectivity index (χ1) is 8.72. The van der Waals surface area contributed by atoms with Crippen molar-refractivity contribution in [3.05, 3.63) is 23.5 Å². The molecule has 2 atom stereocenters. The number of carbonyl (C=O) groups excluding carboxylic acids is 1. The summed E-state index contributed by atoms with van der Waals surface area (Å²) in [4.78, 5) is 18.0. The summed E-state index contributed by atoms with van der Waals surface area (Å²) in [6, 6.07) is 3.42. The van der Waals surface area contributed by atoms with Gasteiger partial charge in [-0.05, 0) is 36.8 Å². The molecule has 3 rings (SSSR count). The molecule has 1 aromatic heterocycles. The van der Waals surface area contributed by atoms with Crippen LogP contribution in [0.3, 0.4) is 0 Å². The maximum absolute atomic E-state index is 12.1. The average molecular weight is 266 g/mol. The van der Waals surface area contributed by atoms with Gasteiger partial charge >= 0.3 is 6.03 Å². The number of aromatic nitrogens is 1. The van der Waals surface area contributed by atoms with Gasteiger partial charge in [-0.1, -0.05) is 18.0 Å². The Kier molecular flexibility index (Phi) is 3.12. The number of fused-ring (bicyclic) bond motifs is 1. The average Bonchev–Trinajstić information content (AvgIpc) is 2.92. The van der Waals surface area contributed by atoms with Crippen LogP contribution in [0, 0.1) is 11.8 Å². The summed E-state index contributed by atoms with van der Waals surface area (Å²) >= 11 is 5.71. The van der Waals surface area contributed by atoms with E-state index in [1.54, 1.807) is 18.3 Å². The van der Waals surface area contributed by atoms with Crippen molar-refractivity contribution in [2.24, 2.45) is 11.8 Å². The maximum Gasteiger partial charge on any atom is 0.321 e. The standard InChI is InChI=1S/C13H16ClN3O/c14-12-5-4-11(6-15-12)16-13(18)17-7-9-2-1-3-10(9)8-17/h4-6,9-10H,1-3,7-8H2,(H,16,18). The molecular formula is C13H16ClN3O. The van der Waals surface area contributed by atoms with Gasteiger partial charge in [0.15, 0.2) is 0 Å². The SMILES string of the molecule is O=C(Nc1ccc(Cl)nc1)N1CC2CCCC2C1. The fourth-order valence-electron chi connectivity index (χ4n) is 3.05. The number of nitrogens with one attached hydrogen (secondary N) is 1. The fourth-order valence-corrected chi connectivity index (χ4v) is 3.16. The largest absolute Gasteiger partial charge is 0.324 e. The molecule has 2 unspecified atom stereocenters. The molecule has 5 heteroatoms. The summed E-state index contributed by atoms with van der Waals surface area (Å²) in [6.07, 6.45) is 5.46. The van der Waals surface area contributed by atoms with Gasteiger partial charge in [0.2, 0.25) is 0 Å². The number of nitrogens with zero attached hydrogens (tertiary/aromatic N) is 2. The van der Waals surface area contributed by atoms with E-state index in [-0.39, 0.29) is 6.03 Å². The van der Waals surface area contributed by atoms with E-state index in [4.69, 9.17) is 11.6 Å². The lowest BCUT2D eigenvalue weighted by Crippen LogP contribution is -2.33. The molecule has 2 heterocycles. The zero-order valence-electron chi connectivity index (χ0n) is 10.1. The summed E-state index contributed by atoms with van der Waals surface area (Å²) in [7, 11) is 0. The minimum Gasteiger partial charge on any atom is -0.324 e. The first-order valence-corrected chi connectivity index (χ1v) is 6.77. The molecule has 0 bridgehead atoms. The van der Waals surface area contributed by atoms with Crippen LogP contribution in [0.2, 0.25) is 5.15 Å². The first kappa shape index (κ1) is 11.8. The molecule has 1 aromatic rings.